The Kier molecular flexibility index (Phi) is 6.90. The number of carbonyl (C=O) groups is 1. The van der Waals surface area contributed by atoms with Gasteiger partial charge in [-0.3, -0.25) is 4.79 Å². The largest absolute Gasteiger partial charge is 0.384 e. The highest BCUT2D eigenvalue weighted by molar-refractivity contribution is 7.91. The average molecular weight is 493 g/mol. The molecule has 10 heteroatoms. The van der Waals surface area contributed by atoms with Crippen LogP contribution in [0.4, 0.5) is 5.69 Å². The standard InChI is InChI=1S/C23H28N2O6S2/c1-31-15-16-32(27,28)20-7-5-18(6-8-20)23(26)25-14-11-19-17-21(9-10-22(19)25)33(29,30)24-12-3-2-4-13-24/h5-10,17H,2-4,11-16H2,1H3. The summed E-state index contributed by atoms with van der Waals surface area (Å²) in [4.78, 5) is 15.1. The molecular formula is C23H28N2O6S2. The lowest BCUT2D eigenvalue weighted by Crippen LogP contribution is -2.35. The van der Waals surface area contributed by atoms with E-state index < -0.39 is 19.9 Å². The highest BCUT2D eigenvalue weighted by Gasteiger charge is 2.30. The second-order valence-corrected chi connectivity index (χ2v) is 12.3. The monoisotopic (exact) mass is 492 g/mol. The van der Waals surface area contributed by atoms with Crippen LogP contribution in [0, 0.1) is 0 Å². The fraction of sp³-hybridized carbons (Fsp3) is 0.435. The molecule has 2 aliphatic rings. The molecule has 0 saturated carbocycles. The number of amides is 1. The van der Waals surface area contributed by atoms with Crippen LogP contribution in [-0.2, 0) is 31.0 Å². The number of methoxy groups -OCH3 is 1. The molecule has 1 fully saturated rings. The van der Waals surface area contributed by atoms with E-state index in [0.29, 0.717) is 37.3 Å². The van der Waals surface area contributed by atoms with Crippen molar-refractivity contribution in [3.05, 3.63) is 53.6 Å². The topological polar surface area (TPSA) is 101 Å². The summed E-state index contributed by atoms with van der Waals surface area (Å²) >= 11 is 0. The molecule has 1 saturated heterocycles. The van der Waals surface area contributed by atoms with E-state index in [0.717, 1.165) is 24.8 Å². The first-order valence-electron chi connectivity index (χ1n) is 11.0. The number of carbonyl (C=O) groups excluding carboxylic acids is 1. The number of piperidine rings is 1. The zero-order valence-electron chi connectivity index (χ0n) is 18.6. The van der Waals surface area contributed by atoms with Gasteiger partial charge in [-0.25, -0.2) is 16.8 Å². The highest BCUT2D eigenvalue weighted by Crippen LogP contribution is 2.33. The van der Waals surface area contributed by atoms with Crippen LogP contribution in [-0.4, -0.2) is 66.2 Å². The number of sulfone groups is 1. The van der Waals surface area contributed by atoms with Crippen LogP contribution >= 0.6 is 0 Å². The first-order valence-corrected chi connectivity index (χ1v) is 14.1. The van der Waals surface area contributed by atoms with Gasteiger partial charge < -0.3 is 9.64 Å². The molecule has 0 N–H and O–H groups in total. The third kappa shape index (κ3) is 4.84. The maximum Gasteiger partial charge on any atom is 0.258 e. The van der Waals surface area contributed by atoms with Crippen molar-refractivity contribution >= 4 is 31.5 Å². The number of nitrogens with zero attached hydrogens (tertiary/aromatic N) is 2. The van der Waals surface area contributed by atoms with Gasteiger partial charge in [0.25, 0.3) is 5.91 Å². The van der Waals surface area contributed by atoms with E-state index >= 15 is 0 Å². The maximum absolute atomic E-state index is 13.1. The van der Waals surface area contributed by atoms with Crippen LogP contribution in [0.2, 0.25) is 0 Å². The fourth-order valence-corrected chi connectivity index (χ4v) is 7.02. The van der Waals surface area contributed by atoms with Crippen molar-refractivity contribution in [1.82, 2.24) is 4.31 Å². The van der Waals surface area contributed by atoms with Crippen molar-refractivity contribution in [3.63, 3.8) is 0 Å². The van der Waals surface area contributed by atoms with Gasteiger partial charge in [0, 0.05) is 38.0 Å². The summed E-state index contributed by atoms with van der Waals surface area (Å²) in [6, 6.07) is 10.8. The number of benzene rings is 2. The van der Waals surface area contributed by atoms with Crippen LogP contribution in [0.1, 0.15) is 35.2 Å². The van der Waals surface area contributed by atoms with Crippen LogP contribution < -0.4 is 4.90 Å². The van der Waals surface area contributed by atoms with Gasteiger partial charge in [-0.1, -0.05) is 6.42 Å². The second-order valence-electron chi connectivity index (χ2n) is 8.30. The molecule has 2 aliphatic heterocycles. The Balaban J connectivity index is 1.53. The Morgan fingerprint density at radius 2 is 1.58 bits per heavy atom. The second kappa shape index (κ2) is 9.54. The molecule has 0 bridgehead atoms. The molecule has 4 rings (SSSR count). The molecule has 33 heavy (non-hydrogen) atoms. The Hall–Kier alpha value is -2.27. The predicted octanol–water partition coefficient (Wildman–Crippen LogP) is 2.48. The van der Waals surface area contributed by atoms with E-state index in [4.69, 9.17) is 4.74 Å². The van der Waals surface area contributed by atoms with Crippen molar-refractivity contribution in [2.75, 3.05) is 44.0 Å². The van der Waals surface area contributed by atoms with Crippen LogP contribution in [0.3, 0.4) is 0 Å². The van der Waals surface area contributed by atoms with E-state index in [1.54, 1.807) is 27.4 Å². The summed E-state index contributed by atoms with van der Waals surface area (Å²) < 4.78 is 57.0. The Labute approximate surface area is 195 Å². The molecule has 178 valence electrons. The average Bonchev–Trinajstić information content (AvgIpc) is 3.26. The quantitative estimate of drug-likeness (QED) is 0.589. The number of sulfonamides is 1. The van der Waals surface area contributed by atoms with Gasteiger partial charge in [0.05, 0.1) is 22.2 Å². The van der Waals surface area contributed by atoms with Crippen LogP contribution in [0.5, 0.6) is 0 Å². The molecule has 2 aromatic rings. The van der Waals surface area contributed by atoms with E-state index in [2.05, 4.69) is 0 Å². The fourth-order valence-electron chi connectivity index (χ4n) is 4.28. The number of anilines is 1. The van der Waals surface area contributed by atoms with Gasteiger partial charge >= 0.3 is 0 Å². The number of hydrogen-bond donors (Lipinski definition) is 0. The summed E-state index contributed by atoms with van der Waals surface area (Å²) in [6.45, 7) is 1.63. The first-order chi connectivity index (χ1) is 15.7. The molecule has 1 amide bonds. The molecule has 0 aliphatic carbocycles. The lowest BCUT2D eigenvalue weighted by atomic mass is 10.1. The molecule has 8 nitrogen and oxygen atoms in total. The van der Waals surface area contributed by atoms with E-state index in [-0.39, 0.29) is 28.1 Å². The Bertz CT molecular complexity index is 1230. The molecule has 0 unspecified atom stereocenters. The lowest BCUT2D eigenvalue weighted by Gasteiger charge is -2.26. The van der Waals surface area contributed by atoms with E-state index in [1.807, 2.05) is 0 Å². The molecule has 2 heterocycles. The van der Waals surface area contributed by atoms with Gasteiger partial charge in [0.1, 0.15) is 0 Å². The number of ether oxygens (including phenoxy) is 1. The van der Waals surface area contributed by atoms with Gasteiger partial charge in [-0.05, 0) is 67.3 Å². The van der Waals surface area contributed by atoms with Crippen LogP contribution in [0.25, 0.3) is 0 Å². The summed E-state index contributed by atoms with van der Waals surface area (Å²) in [5.41, 5.74) is 1.88. The van der Waals surface area contributed by atoms with Gasteiger partial charge in [0.2, 0.25) is 10.0 Å². The van der Waals surface area contributed by atoms with Crippen molar-refractivity contribution in [2.45, 2.75) is 35.5 Å². The number of rotatable bonds is 7. The van der Waals surface area contributed by atoms with E-state index in [1.165, 1.54) is 31.4 Å². The van der Waals surface area contributed by atoms with Crippen molar-refractivity contribution in [3.8, 4) is 0 Å². The summed E-state index contributed by atoms with van der Waals surface area (Å²) in [6.07, 6.45) is 3.36. The molecule has 0 spiro atoms. The van der Waals surface area contributed by atoms with Crippen molar-refractivity contribution < 1.29 is 26.4 Å². The minimum Gasteiger partial charge on any atom is -0.384 e. The third-order valence-corrected chi connectivity index (χ3v) is 9.75. The molecule has 0 atom stereocenters. The first kappa shape index (κ1) is 23.9. The Morgan fingerprint density at radius 3 is 2.24 bits per heavy atom. The summed E-state index contributed by atoms with van der Waals surface area (Å²) in [7, 11) is -5.56. The minimum absolute atomic E-state index is 0.100. The smallest absolute Gasteiger partial charge is 0.258 e. The Morgan fingerprint density at radius 1 is 0.909 bits per heavy atom. The molecule has 0 radical (unpaired) electrons. The predicted molar refractivity (Wildman–Crippen MR) is 125 cm³/mol. The molecular weight excluding hydrogens is 464 g/mol. The lowest BCUT2D eigenvalue weighted by molar-refractivity contribution is 0.0989. The number of hydrogen-bond acceptors (Lipinski definition) is 6. The van der Waals surface area contributed by atoms with E-state index in [9.17, 15) is 21.6 Å². The minimum atomic E-state index is -3.53. The summed E-state index contributed by atoms with van der Waals surface area (Å²) in [5, 5.41) is 0. The maximum atomic E-state index is 13.1. The van der Waals surface area contributed by atoms with Gasteiger partial charge in [-0.2, -0.15) is 4.31 Å². The normalized spacial score (nSPS) is 17.2. The molecule has 2 aromatic carbocycles. The molecule has 0 aromatic heterocycles. The SMILES string of the molecule is COCCS(=O)(=O)c1ccc(C(=O)N2CCc3cc(S(=O)(=O)N4CCCCC4)ccc32)cc1. The number of fused-ring (bicyclic) bond motifs is 1. The zero-order chi connectivity index (χ0) is 23.6. The van der Waals surface area contributed by atoms with Crippen LogP contribution in [0.15, 0.2) is 52.3 Å². The van der Waals surface area contributed by atoms with Gasteiger partial charge in [0.15, 0.2) is 9.84 Å². The summed E-state index contributed by atoms with van der Waals surface area (Å²) in [5.74, 6) is -0.375. The van der Waals surface area contributed by atoms with Crippen molar-refractivity contribution in [2.24, 2.45) is 0 Å². The highest BCUT2D eigenvalue weighted by atomic mass is 32.2. The zero-order valence-corrected chi connectivity index (χ0v) is 20.2. The van der Waals surface area contributed by atoms with Crippen molar-refractivity contribution in [1.29, 1.82) is 0 Å². The third-order valence-electron chi connectivity index (χ3n) is 6.16. The van der Waals surface area contributed by atoms with Gasteiger partial charge in [-0.15, -0.1) is 0 Å².